The molecule has 1 N–H and O–H groups in total. The molecular weight excluding hydrogens is 340 g/mol. The van der Waals surface area contributed by atoms with Crippen LogP contribution in [-0.2, 0) is 4.79 Å². The third-order valence-electron chi connectivity index (χ3n) is 5.06. The van der Waals surface area contributed by atoms with Crippen molar-refractivity contribution in [2.75, 3.05) is 32.6 Å². The molecule has 2 aromatic carbocycles. The van der Waals surface area contributed by atoms with Gasteiger partial charge in [0.1, 0.15) is 11.5 Å². The van der Waals surface area contributed by atoms with Crippen molar-refractivity contribution in [2.24, 2.45) is 0 Å². The number of amides is 1. The predicted octanol–water partition coefficient (Wildman–Crippen LogP) is 4.26. The molecule has 0 aromatic heterocycles. The van der Waals surface area contributed by atoms with Crippen molar-refractivity contribution in [1.29, 1.82) is 0 Å². The van der Waals surface area contributed by atoms with Crippen LogP contribution in [0.3, 0.4) is 0 Å². The molecule has 1 amide bonds. The van der Waals surface area contributed by atoms with E-state index in [0.717, 1.165) is 36.6 Å². The van der Waals surface area contributed by atoms with Crippen LogP contribution >= 0.6 is 0 Å². The lowest BCUT2D eigenvalue weighted by atomic mass is 10.0. The minimum atomic E-state index is 0.00339. The molecule has 1 fully saturated rings. The van der Waals surface area contributed by atoms with Gasteiger partial charge < -0.3 is 14.8 Å². The maximum absolute atomic E-state index is 12.7. The summed E-state index contributed by atoms with van der Waals surface area (Å²) in [4.78, 5) is 15.0. The number of carbonyl (C=O) groups excluding carboxylic acids is 1. The minimum absolute atomic E-state index is 0.00339. The Morgan fingerprint density at radius 1 is 1.04 bits per heavy atom. The van der Waals surface area contributed by atoms with E-state index in [2.05, 4.69) is 22.3 Å². The van der Waals surface area contributed by atoms with Crippen molar-refractivity contribution in [3.8, 4) is 11.5 Å². The van der Waals surface area contributed by atoms with Gasteiger partial charge >= 0.3 is 0 Å². The first-order valence-corrected chi connectivity index (χ1v) is 9.51. The van der Waals surface area contributed by atoms with Gasteiger partial charge in [-0.05, 0) is 49.2 Å². The number of nitrogens with one attached hydrogen (secondary N) is 1. The van der Waals surface area contributed by atoms with Gasteiger partial charge in [-0.15, -0.1) is 0 Å². The quantitative estimate of drug-likeness (QED) is 0.828. The van der Waals surface area contributed by atoms with Gasteiger partial charge in [0.05, 0.1) is 20.8 Å². The average molecular weight is 368 g/mol. The van der Waals surface area contributed by atoms with Crippen LogP contribution in [0, 0.1) is 0 Å². The highest BCUT2D eigenvalue weighted by Crippen LogP contribution is 2.31. The molecule has 0 aliphatic carbocycles. The molecule has 1 atom stereocenters. The van der Waals surface area contributed by atoms with E-state index in [1.807, 2.05) is 36.4 Å². The number of anilines is 1. The van der Waals surface area contributed by atoms with E-state index in [-0.39, 0.29) is 11.9 Å². The molecule has 0 bridgehead atoms. The molecule has 3 rings (SSSR count). The molecule has 0 spiro atoms. The fraction of sp³-hybridized carbons (Fsp3) is 0.409. The summed E-state index contributed by atoms with van der Waals surface area (Å²) in [6, 6.07) is 15.9. The zero-order chi connectivity index (χ0) is 19.1. The van der Waals surface area contributed by atoms with E-state index in [0.29, 0.717) is 6.54 Å². The molecular formula is C22H28N2O3. The Balaban J connectivity index is 1.69. The van der Waals surface area contributed by atoms with E-state index in [4.69, 9.17) is 9.47 Å². The zero-order valence-electron chi connectivity index (χ0n) is 16.1. The van der Waals surface area contributed by atoms with Crippen LogP contribution in [0.4, 0.5) is 5.69 Å². The number of methoxy groups -OCH3 is 2. The Kier molecular flexibility index (Phi) is 6.71. The molecule has 1 aliphatic heterocycles. The normalized spacial score (nSPS) is 17.8. The second-order valence-electron chi connectivity index (χ2n) is 6.89. The van der Waals surface area contributed by atoms with Gasteiger partial charge in [-0.25, -0.2) is 0 Å². The lowest BCUT2D eigenvalue weighted by molar-refractivity contribution is -0.117. The summed E-state index contributed by atoms with van der Waals surface area (Å²) in [5.41, 5.74) is 2.00. The molecule has 1 saturated heterocycles. The monoisotopic (exact) mass is 368 g/mol. The number of ether oxygens (including phenoxy) is 2. The van der Waals surface area contributed by atoms with E-state index in [9.17, 15) is 4.79 Å². The zero-order valence-corrected chi connectivity index (χ0v) is 16.1. The third-order valence-corrected chi connectivity index (χ3v) is 5.06. The van der Waals surface area contributed by atoms with Crippen LogP contribution in [0.1, 0.15) is 37.3 Å². The van der Waals surface area contributed by atoms with Gasteiger partial charge in [-0.1, -0.05) is 31.0 Å². The third kappa shape index (κ3) is 5.23. The summed E-state index contributed by atoms with van der Waals surface area (Å²) < 4.78 is 10.5. The molecule has 0 radical (unpaired) electrons. The fourth-order valence-corrected chi connectivity index (χ4v) is 3.65. The molecule has 27 heavy (non-hydrogen) atoms. The number of likely N-dealkylation sites (tertiary alicyclic amines) is 1. The van der Waals surface area contributed by atoms with Crippen molar-refractivity contribution in [2.45, 2.75) is 31.7 Å². The second-order valence-corrected chi connectivity index (χ2v) is 6.89. The van der Waals surface area contributed by atoms with Crippen LogP contribution in [0.15, 0.2) is 48.5 Å². The van der Waals surface area contributed by atoms with Crippen LogP contribution in [0.2, 0.25) is 0 Å². The summed E-state index contributed by atoms with van der Waals surface area (Å²) in [7, 11) is 3.30. The van der Waals surface area contributed by atoms with Crippen molar-refractivity contribution >= 4 is 11.6 Å². The number of nitrogens with zero attached hydrogens (tertiary/aromatic N) is 1. The molecule has 0 unspecified atom stereocenters. The van der Waals surface area contributed by atoms with Crippen molar-refractivity contribution in [1.82, 2.24) is 4.90 Å². The van der Waals surface area contributed by atoms with Gasteiger partial charge in [0.2, 0.25) is 5.91 Å². The first kappa shape index (κ1) is 19.2. The Morgan fingerprint density at radius 3 is 2.56 bits per heavy atom. The molecule has 1 heterocycles. The van der Waals surface area contributed by atoms with Crippen LogP contribution in [-0.4, -0.2) is 38.1 Å². The van der Waals surface area contributed by atoms with Crippen molar-refractivity contribution < 1.29 is 14.3 Å². The standard InChI is InChI=1S/C22H28N2O3/c1-26-19-12-10-17(11-13-19)21-9-4-3-5-14-24(21)16-22(25)23-18-7-6-8-20(15-18)27-2/h6-8,10-13,15,21H,3-5,9,14,16H2,1-2H3,(H,23,25)/t21-/m1/s1. The van der Waals surface area contributed by atoms with Crippen LogP contribution in [0.5, 0.6) is 11.5 Å². The van der Waals surface area contributed by atoms with Crippen LogP contribution in [0.25, 0.3) is 0 Å². The smallest absolute Gasteiger partial charge is 0.238 e. The second kappa shape index (κ2) is 9.42. The largest absolute Gasteiger partial charge is 0.497 e. The molecule has 0 saturated carbocycles. The van der Waals surface area contributed by atoms with E-state index >= 15 is 0 Å². The summed E-state index contributed by atoms with van der Waals surface area (Å²) in [5.74, 6) is 1.59. The van der Waals surface area contributed by atoms with Gasteiger partial charge in [-0.2, -0.15) is 0 Å². The van der Waals surface area contributed by atoms with Crippen molar-refractivity contribution in [3.63, 3.8) is 0 Å². The van der Waals surface area contributed by atoms with Gasteiger partial charge in [0.25, 0.3) is 0 Å². The van der Waals surface area contributed by atoms with Crippen molar-refractivity contribution in [3.05, 3.63) is 54.1 Å². The first-order chi connectivity index (χ1) is 13.2. The lowest BCUT2D eigenvalue weighted by Gasteiger charge is -2.29. The topological polar surface area (TPSA) is 50.8 Å². The number of hydrogen-bond donors (Lipinski definition) is 1. The minimum Gasteiger partial charge on any atom is -0.497 e. The molecule has 1 aliphatic rings. The highest BCUT2D eigenvalue weighted by molar-refractivity contribution is 5.92. The van der Waals surface area contributed by atoms with E-state index in [1.165, 1.54) is 18.4 Å². The summed E-state index contributed by atoms with van der Waals surface area (Å²) in [6.07, 6.45) is 4.59. The molecule has 5 heteroatoms. The highest BCUT2D eigenvalue weighted by Gasteiger charge is 2.24. The Bertz CT molecular complexity index is 745. The van der Waals surface area contributed by atoms with Crippen LogP contribution < -0.4 is 14.8 Å². The SMILES string of the molecule is COc1ccc([C@H]2CCCCCN2CC(=O)Nc2cccc(OC)c2)cc1. The summed E-state index contributed by atoms with van der Waals surface area (Å²) in [6.45, 7) is 1.32. The number of rotatable bonds is 6. The van der Waals surface area contributed by atoms with E-state index < -0.39 is 0 Å². The summed E-state index contributed by atoms with van der Waals surface area (Å²) >= 11 is 0. The highest BCUT2D eigenvalue weighted by atomic mass is 16.5. The van der Waals surface area contributed by atoms with Gasteiger partial charge in [0.15, 0.2) is 0 Å². The van der Waals surface area contributed by atoms with Gasteiger partial charge in [-0.3, -0.25) is 9.69 Å². The Hall–Kier alpha value is -2.53. The molecule has 144 valence electrons. The predicted molar refractivity (Wildman–Crippen MR) is 107 cm³/mol. The number of benzene rings is 2. The molecule has 2 aromatic rings. The first-order valence-electron chi connectivity index (χ1n) is 9.51. The Morgan fingerprint density at radius 2 is 1.81 bits per heavy atom. The van der Waals surface area contributed by atoms with E-state index in [1.54, 1.807) is 14.2 Å². The van der Waals surface area contributed by atoms with Gasteiger partial charge in [0, 0.05) is 17.8 Å². The average Bonchev–Trinajstić information content (AvgIpc) is 2.93. The number of carbonyl (C=O) groups is 1. The lowest BCUT2D eigenvalue weighted by Crippen LogP contribution is -2.36. The summed E-state index contributed by atoms with van der Waals surface area (Å²) in [5, 5.41) is 2.99. The maximum atomic E-state index is 12.7. The maximum Gasteiger partial charge on any atom is 0.238 e. The number of hydrogen-bond acceptors (Lipinski definition) is 4. The fourth-order valence-electron chi connectivity index (χ4n) is 3.65. The molecule has 5 nitrogen and oxygen atoms in total. The Labute approximate surface area is 161 Å².